The van der Waals surface area contributed by atoms with Gasteiger partial charge in [0.2, 0.25) is 0 Å². The summed E-state index contributed by atoms with van der Waals surface area (Å²) in [6.07, 6.45) is -0.876. The van der Waals surface area contributed by atoms with Gasteiger partial charge in [0, 0.05) is 0 Å². The molecule has 0 aliphatic carbocycles. The van der Waals surface area contributed by atoms with E-state index in [1.165, 1.54) is 0 Å². The molecule has 0 spiro atoms. The van der Waals surface area contributed by atoms with Crippen molar-refractivity contribution in [2.45, 2.75) is 25.4 Å². The summed E-state index contributed by atoms with van der Waals surface area (Å²) >= 11 is -1.89. The van der Waals surface area contributed by atoms with E-state index in [4.69, 9.17) is 10.2 Å². The summed E-state index contributed by atoms with van der Waals surface area (Å²) in [6.45, 7) is 1.64. The molecule has 0 bridgehead atoms. The maximum absolute atomic E-state index is 10.1. The summed E-state index contributed by atoms with van der Waals surface area (Å²) in [7, 11) is 0. The Labute approximate surface area is 60.4 Å². The summed E-state index contributed by atoms with van der Waals surface area (Å²) < 4.78 is 18.6. The van der Waals surface area contributed by atoms with Crippen LogP contribution < -0.4 is 0 Å². The molecule has 1 saturated heterocycles. The molecule has 0 radical (unpaired) electrons. The standard InChI is InChI=1S/C4H8O5S/c1-2-3(5)4(6)8-10(7)9-4/h3,5-6H,2H2,1H3. The molecule has 1 aliphatic rings. The van der Waals surface area contributed by atoms with E-state index < -0.39 is 23.4 Å². The Hall–Kier alpha value is -0.0100. The van der Waals surface area contributed by atoms with Gasteiger partial charge in [0.05, 0.1) is 0 Å². The van der Waals surface area contributed by atoms with Crippen LogP contribution in [-0.2, 0) is 19.7 Å². The van der Waals surface area contributed by atoms with Crippen molar-refractivity contribution in [1.82, 2.24) is 0 Å². The van der Waals surface area contributed by atoms with E-state index in [9.17, 15) is 4.21 Å². The molecule has 1 unspecified atom stereocenters. The van der Waals surface area contributed by atoms with Crippen molar-refractivity contribution in [2.24, 2.45) is 0 Å². The number of aliphatic hydroxyl groups excluding tert-OH is 1. The molecule has 1 fully saturated rings. The van der Waals surface area contributed by atoms with Crippen molar-refractivity contribution < 1.29 is 22.8 Å². The first-order valence-electron chi connectivity index (χ1n) is 2.79. The highest BCUT2D eigenvalue weighted by atomic mass is 32.2. The third-order valence-electron chi connectivity index (χ3n) is 1.18. The Bertz CT molecular complexity index is 150. The van der Waals surface area contributed by atoms with Gasteiger partial charge in [-0.1, -0.05) is 6.92 Å². The van der Waals surface area contributed by atoms with Crippen LogP contribution in [0.1, 0.15) is 13.3 Å². The van der Waals surface area contributed by atoms with Crippen molar-refractivity contribution in [2.75, 3.05) is 0 Å². The Morgan fingerprint density at radius 3 is 2.50 bits per heavy atom. The van der Waals surface area contributed by atoms with E-state index in [-0.39, 0.29) is 6.42 Å². The van der Waals surface area contributed by atoms with Gasteiger partial charge in [0.1, 0.15) is 6.10 Å². The highest BCUT2D eigenvalue weighted by molar-refractivity contribution is 7.76. The largest absolute Gasteiger partial charge is 0.385 e. The van der Waals surface area contributed by atoms with Crippen molar-refractivity contribution >= 4 is 11.4 Å². The van der Waals surface area contributed by atoms with E-state index in [1.54, 1.807) is 6.92 Å². The maximum Gasteiger partial charge on any atom is 0.337 e. The molecule has 10 heavy (non-hydrogen) atoms. The Morgan fingerprint density at radius 2 is 2.20 bits per heavy atom. The van der Waals surface area contributed by atoms with E-state index in [1.807, 2.05) is 0 Å². The smallest absolute Gasteiger partial charge is 0.337 e. The second-order valence-corrected chi connectivity index (χ2v) is 2.67. The molecule has 0 aromatic heterocycles. The monoisotopic (exact) mass is 168 g/mol. The molecule has 1 heterocycles. The average Bonchev–Trinajstić information content (AvgIpc) is 1.83. The SMILES string of the molecule is CCC(O)C1(O)OS(=O)O1. The zero-order valence-electron chi connectivity index (χ0n) is 5.31. The summed E-state index contributed by atoms with van der Waals surface area (Å²) in [5.74, 6) is -2.04. The third kappa shape index (κ3) is 1.21. The predicted octanol–water partition coefficient (Wildman–Crippen LogP) is -0.971. The molecule has 60 valence electrons. The topological polar surface area (TPSA) is 76.0 Å². The van der Waals surface area contributed by atoms with Crippen LogP contribution in [0.15, 0.2) is 0 Å². The van der Waals surface area contributed by atoms with Crippen molar-refractivity contribution in [1.29, 1.82) is 0 Å². The number of hydrogen-bond donors (Lipinski definition) is 2. The van der Waals surface area contributed by atoms with Crippen LogP contribution >= 0.6 is 0 Å². The van der Waals surface area contributed by atoms with Gasteiger partial charge in [-0.2, -0.15) is 4.21 Å². The maximum atomic E-state index is 10.1. The average molecular weight is 168 g/mol. The van der Waals surface area contributed by atoms with Gasteiger partial charge in [-0.25, -0.2) is 8.37 Å². The van der Waals surface area contributed by atoms with Crippen LogP contribution in [0.4, 0.5) is 0 Å². The Morgan fingerprint density at radius 1 is 1.70 bits per heavy atom. The highest BCUT2D eigenvalue weighted by Crippen LogP contribution is 2.29. The molecule has 0 saturated carbocycles. The normalized spacial score (nSPS) is 42.5. The fourth-order valence-electron chi connectivity index (χ4n) is 0.570. The molecule has 1 rings (SSSR count). The van der Waals surface area contributed by atoms with Crippen LogP contribution in [0, 0.1) is 0 Å². The van der Waals surface area contributed by atoms with Crippen molar-refractivity contribution in [3.05, 3.63) is 0 Å². The molecule has 0 aromatic rings. The molecular weight excluding hydrogens is 160 g/mol. The van der Waals surface area contributed by atoms with E-state index in [0.29, 0.717) is 0 Å². The molecule has 6 heteroatoms. The highest BCUT2D eigenvalue weighted by Gasteiger charge is 2.51. The van der Waals surface area contributed by atoms with Gasteiger partial charge >= 0.3 is 17.3 Å². The summed E-state index contributed by atoms with van der Waals surface area (Å²) in [6, 6.07) is 0. The van der Waals surface area contributed by atoms with Crippen LogP contribution in [0.3, 0.4) is 0 Å². The Balaban J connectivity index is 2.47. The first-order valence-corrected chi connectivity index (χ1v) is 3.79. The first-order chi connectivity index (χ1) is 4.58. The van der Waals surface area contributed by atoms with Gasteiger partial charge in [-0.05, 0) is 6.42 Å². The molecule has 1 aliphatic heterocycles. The third-order valence-corrected chi connectivity index (χ3v) is 1.93. The lowest BCUT2D eigenvalue weighted by molar-refractivity contribution is -0.359. The van der Waals surface area contributed by atoms with Crippen LogP contribution in [0.25, 0.3) is 0 Å². The number of hydrogen-bond acceptors (Lipinski definition) is 5. The van der Waals surface area contributed by atoms with Crippen LogP contribution in [0.5, 0.6) is 0 Å². The zero-order chi connectivity index (χ0) is 7.78. The minimum absolute atomic E-state index is 0.272. The second kappa shape index (κ2) is 2.55. The van der Waals surface area contributed by atoms with Crippen LogP contribution in [-0.4, -0.2) is 26.5 Å². The van der Waals surface area contributed by atoms with Crippen molar-refractivity contribution in [3.63, 3.8) is 0 Å². The van der Waals surface area contributed by atoms with Crippen LogP contribution in [0.2, 0.25) is 0 Å². The van der Waals surface area contributed by atoms with Gasteiger partial charge in [-0.15, -0.1) is 0 Å². The Kier molecular flexibility index (Phi) is 2.07. The number of rotatable bonds is 2. The fraction of sp³-hybridized carbons (Fsp3) is 1.00. The lowest BCUT2D eigenvalue weighted by Crippen LogP contribution is -2.55. The minimum Gasteiger partial charge on any atom is -0.385 e. The first kappa shape index (κ1) is 8.09. The zero-order valence-corrected chi connectivity index (χ0v) is 6.13. The van der Waals surface area contributed by atoms with Gasteiger partial charge in [0.15, 0.2) is 0 Å². The summed E-state index contributed by atoms with van der Waals surface area (Å²) in [5.41, 5.74) is 0. The minimum atomic E-state index is -2.04. The lowest BCUT2D eigenvalue weighted by Gasteiger charge is -2.35. The van der Waals surface area contributed by atoms with E-state index in [2.05, 4.69) is 8.37 Å². The van der Waals surface area contributed by atoms with Gasteiger partial charge in [0.25, 0.3) is 0 Å². The molecular formula is C4H8O5S. The van der Waals surface area contributed by atoms with Gasteiger partial charge < -0.3 is 10.2 Å². The predicted molar refractivity (Wildman–Crippen MR) is 31.6 cm³/mol. The van der Waals surface area contributed by atoms with Crippen molar-refractivity contribution in [3.8, 4) is 0 Å². The molecule has 0 amide bonds. The molecule has 5 nitrogen and oxygen atoms in total. The van der Waals surface area contributed by atoms with E-state index in [0.717, 1.165) is 0 Å². The summed E-state index contributed by atoms with van der Waals surface area (Å²) in [4.78, 5) is 0. The number of aliphatic hydroxyl groups is 2. The summed E-state index contributed by atoms with van der Waals surface area (Å²) in [5, 5.41) is 17.9. The molecule has 1 atom stereocenters. The molecule has 0 aromatic carbocycles. The lowest BCUT2D eigenvalue weighted by atomic mass is 10.2. The van der Waals surface area contributed by atoms with E-state index >= 15 is 0 Å². The second-order valence-electron chi connectivity index (χ2n) is 1.93. The quantitative estimate of drug-likeness (QED) is 0.554. The van der Waals surface area contributed by atoms with Gasteiger partial charge in [-0.3, -0.25) is 0 Å². The molecule has 2 N–H and O–H groups in total. The fourth-order valence-corrected chi connectivity index (χ4v) is 1.19.